The van der Waals surface area contributed by atoms with E-state index < -0.39 is 0 Å². The van der Waals surface area contributed by atoms with Gasteiger partial charge >= 0.3 is 0 Å². The van der Waals surface area contributed by atoms with Crippen LogP contribution in [-0.4, -0.2) is 38.3 Å². The van der Waals surface area contributed by atoms with Gasteiger partial charge in [-0.15, -0.1) is 0 Å². The normalized spacial score (nSPS) is 24.3. The summed E-state index contributed by atoms with van der Waals surface area (Å²) in [5, 5.41) is 9.03. The number of rotatable bonds is 5. The van der Waals surface area contributed by atoms with Gasteiger partial charge in [0.15, 0.2) is 0 Å². The van der Waals surface area contributed by atoms with Crippen LogP contribution in [0.5, 0.6) is 0 Å². The van der Waals surface area contributed by atoms with Crippen LogP contribution in [0.3, 0.4) is 0 Å². The monoisotopic (exact) mass is 222 g/mol. The van der Waals surface area contributed by atoms with Crippen molar-refractivity contribution in [2.24, 2.45) is 11.3 Å². The summed E-state index contributed by atoms with van der Waals surface area (Å²) < 4.78 is 5.36. The maximum absolute atomic E-state index is 9.03. The van der Waals surface area contributed by atoms with Gasteiger partial charge in [-0.2, -0.15) is 5.26 Å². The predicted octanol–water partition coefficient (Wildman–Crippen LogP) is 2.04. The Labute approximate surface area is 98.4 Å². The van der Waals surface area contributed by atoms with Gasteiger partial charge in [0.2, 0.25) is 0 Å². The molecule has 1 saturated heterocycles. The van der Waals surface area contributed by atoms with Crippen LogP contribution in [0, 0.1) is 22.7 Å². The Bertz CT molecular complexity index is 262. The molecule has 90 valence electrons. The van der Waals surface area contributed by atoms with Crippen molar-refractivity contribution in [3.05, 3.63) is 0 Å². The quantitative estimate of drug-likeness (QED) is 0.714. The molecule has 0 unspecified atom stereocenters. The summed E-state index contributed by atoms with van der Waals surface area (Å²) in [7, 11) is 2.15. The van der Waals surface area contributed by atoms with E-state index in [4.69, 9.17) is 10.00 Å². The average Bonchev–Trinajstić information content (AvgIpc) is 3.08. The van der Waals surface area contributed by atoms with Crippen LogP contribution in [0.15, 0.2) is 0 Å². The lowest BCUT2D eigenvalue weighted by Crippen LogP contribution is -2.29. The molecular weight excluding hydrogens is 200 g/mol. The minimum absolute atomic E-state index is 0.0183. The van der Waals surface area contributed by atoms with Gasteiger partial charge in [-0.1, -0.05) is 0 Å². The van der Waals surface area contributed by atoms with Gasteiger partial charge in [0.1, 0.15) is 0 Å². The molecular formula is C13H22N2O. The smallest absolute Gasteiger partial charge is 0.0703 e. The Morgan fingerprint density at radius 3 is 2.62 bits per heavy atom. The molecule has 2 rings (SSSR count). The van der Waals surface area contributed by atoms with E-state index in [-0.39, 0.29) is 5.41 Å². The third kappa shape index (κ3) is 3.20. The first kappa shape index (κ1) is 11.9. The van der Waals surface area contributed by atoms with Crippen LogP contribution in [0.1, 0.15) is 32.1 Å². The van der Waals surface area contributed by atoms with Crippen molar-refractivity contribution >= 4 is 0 Å². The molecule has 1 heterocycles. The number of nitrogens with zero attached hydrogens (tertiary/aromatic N) is 2. The fourth-order valence-electron chi connectivity index (χ4n) is 2.49. The lowest BCUT2D eigenvalue weighted by molar-refractivity contribution is 0.0606. The van der Waals surface area contributed by atoms with Crippen molar-refractivity contribution in [1.82, 2.24) is 4.90 Å². The van der Waals surface area contributed by atoms with Gasteiger partial charge in [0.05, 0.1) is 11.5 Å². The molecule has 0 spiro atoms. The SMILES string of the molecule is CN(CCC1CCOCC1)CC1(C#N)CC1. The zero-order valence-electron chi connectivity index (χ0n) is 10.2. The standard InChI is InChI=1S/C13H22N2O/c1-15(11-13(10-14)5-6-13)7-2-12-3-8-16-9-4-12/h12H,2-9,11H2,1H3. The molecule has 1 aliphatic heterocycles. The van der Waals surface area contributed by atoms with E-state index in [1.165, 1.54) is 19.3 Å². The Morgan fingerprint density at radius 1 is 1.38 bits per heavy atom. The third-order valence-electron chi connectivity index (χ3n) is 3.92. The largest absolute Gasteiger partial charge is 0.381 e. The van der Waals surface area contributed by atoms with E-state index >= 15 is 0 Å². The topological polar surface area (TPSA) is 36.3 Å². The zero-order valence-corrected chi connectivity index (χ0v) is 10.2. The molecule has 0 amide bonds. The van der Waals surface area contributed by atoms with Gasteiger partial charge < -0.3 is 9.64 Å². The number of hydrogen-bond donors (Lipinski definition) is 0. The summed E-state index contributed by atoms with van der Waals surface area (Å²) in [6, 6.07) is 2.46. The molecule has 1 saturated carbocycles. The maximum atomic E-state index is 9.03. The van der Waals surface area contributed by atoms with E-state index in [0.29, 0.717) is 0 Å². The van der Waals surface area contributed by atoms with Gasteiger partial charge in [-0.25, -0.2) is 0 Å². The molecule has 0 radical (unpaired) electrons. The van der Waals surface area contributed by atoms with Crippen molar-refractivity contribution in [2.75, 3.05) is 33.4 Å². The number of hydrogen-bond acceptors (Lipinski definition) is 3. The van der Waals surface area contributed by atoms with Crippen molar-refractivity contribution in [2.45, 2.75) is 32.1 Å². The second-order valence-corrected chi connectivity index (χ2v) is 5.47. The fourth-order valence-corrected chi connectivity index (χ4v) is 2.49. The van der Waals surface area contributed by atoms with Gasteiger partial charge in [-0.05, 0) is 51.6 Å². The summed E-state index contributed by atoms with van der Waals surface area (Å²) >= 11 is 0. The lowest BCUT2D eigenvalue weighted by atomic mass is 9.96. The summed E-state index contributed by atoms with van der Waals surface area (Å²) in [6.45, 7) is 3.98. The summed E-state index contributed by atoms with van der Waals surface area (Å²) in [4.78, 5) is 2.34. The number of nitriles is 1. The average molecular weight is 222 g/mol. The second kappa shape index (κ2) is 5.16. The highest BCUT2D eigenvalue weighted by Gasteiger charge is 2.43. The molecule has 0 bridgehead atoms. The summed E-state index contributed by atoms with van der Waals surface area (Å²) in [6.07, 6.45) is 5.91. The molecule has 0 aromatic heterocycles. The molecule has 0 aromatic carbocycles. The van der Waals surface area contributed by atoms with Crippen LogP contribution < -0.4 is 0 Å². The first-order chi connectivity index (χ1) is 7.74. The van der Waals surface area contributed by atoms with E-state index in [0.717, 1.165) is 45.1 Å². The molecule has 1 aliphatic carbocycles. The predicted molar refractivity (Wildman–Crippen MR) is 62.9 cm³/mol. The van der Waals surface area contributed by atoms with Gasteiger partial charge in [0, 0.05) is 19.8 Å². The molecule has 2 aliphatic rings. The molecule has 2 fully saturated rings. The maximum Gasteiger partial charge on any atom is 0.0703 e. The lowest BCUT2D eigenvalue weighted by Gasteiger charge is -2.25. The summed E-state index contributed by atoms with van der Waals surface area (Å²) in [5.41, 5.74) is 0.0183. The van der Waals surface area contributed by atoms with Crippen LogP contribution in [-0.2, 0) is 4.74 Å². The first-order valence-corrected chi connectivity index (χ1v) is 6.42. The van der Waals surface area contributed by atoms with Gasteiger partial charge in [-0.3, -0.25) is 0 Å². The van der Waals surface area contributed by atoms with Crippen LogP contribution in [0.25, 0.3) is 0 Å². The Morgan fingerprint density at radius 2 is 2.06 bits per heavy atom. The molecule has 16 heavy (non-hydrogen) atoms. The highest BCUT2D eigenvalue weighted by atomic mass is 16.5. The molecule has 3 heteroatoms. The first-order valence-electron chi connectivity index (χ1n) is 6.42. The Kier molecular flexibility index (Phi) is 3.83. The number of ether oxygens (including phenoxy) is 1. The van der Waals surface area contributed by atoms with Gasteiger partial charge in [0.25, 0.3) is 0 Å². The van der Waals surface area contributed by atoms with E-state index in [1.807, 2.05) is 0 Å². The molecule has 3 nitrogen and oxygen atoms in total. The van der Waals surface area contributed by atoms with Crippen LogP contribution >= 0.6 is 0 Å². The highest BCUT2D eigenvalue weighted by Crippen LogP contribution is 2.45. The van der Waals surface area contributed by atoms with E-state index in [9.17, 15) is 0 Å². The van der Waals surface area contributed by atoms with Crippen molar-refractivity contribution < 1.29 is 4.74 Å². The highest BCUT2D eigenvalue weighted by molar-refractivity contribution is 5.11. The Hall–Kier alpha value is -0.590. The molecule has 0 aromatic rings. The van der Waals surface area contributed by atoms with Crippen molar-refractivity contribution in [3.63, 3.8) is 0 Å². The fraction of sp³-hybridized carbons (Fsp3) is 0.923. The van der Waals surface area contributed by atoms with E-state index in [1.54, 1.807) is 0 Å². The minimum Gasteiger partial charge on any atom is -0.381 e. The minimum atomic E-state index is 0.0183. The molecule has 0 N–H and O–H groups in total. The van der Waals surface area contributed by atoms with Crippen molar-refractivity contribution in [1.29, 1.82) is 5.26 Å². The zero-order chi connectivity index (χ0) is 11.4. The van der Waals surface area contributed by atoms with Crippen LogP contribution in [0.4, 0.5) is 0 Å². The Balaban J connectivity index is 1.63. The second-order valence-electron chi connectivity index (χ2n) is 5.47. The van der Waals surface area contributed by atoms with Crippen molar-refractivity contribution in [3.8, 4) is 6.07 Å². The van der Waals surface area contributed by atoms with Crippen LogP contribution in [0.2, 0.25) is 0 Å². The molecule has 0 atom stereocenters. The third-order valence-corrected chi connectivity index (χ3v) is 3.92. The van der Waals surface area contributed by atoms with E-state index in [2.05, 4.69) is 18.0 Å². The summed E-state index contributed by atoms with van der Waals surface area (Å²) in [5.74, 6) is 0.841.